The highest BCUT2D eigenvalue weighted by Gasteiger charge is 2.31. The molecular formula is C18H24N2O4. The van der Waals surface area contributed by atoms with Crippen LogP contribution < -0.4 is 0 Å². The monoisotopic (exact) mass is 332 g/mol. The molecule has 1 aliphatic rings. The highest BCUT2D eigenvalue weighted by Crippen LogP contribution is 2.31. The van der Waals surface area contributed by atoms with Crippen LogP contribution in [0.5, 0.6) is 0 Å². The maximum atomic E-state index is 12.5. The van der Waals surface area contributed by atoms with Gasteiger partial charge in [0, 0.05) is 12.2 Å². The maximum absolute atomic E-state index is 12.5. The summed E-state index contributed by atoms with van der Waals surface area (Å²) in [5.74, 6) is -0.475. The molecule has 2 heterocycles. The number of methoxy groups -OCH3 is 1. The van der Waals surface area contributed by atoms with Crippen molar-refractivity contribution in [3.63, 3.8) is 0 Å². The molecule has 1 aliphatic heterocycles. The molecule has 0 saturated heterocycles. The zero-order chi connectivity index (χ0) is 17.9. The van der Waals surface area contributed by atoms with Crippen LogP contribution in [0.25, 0.3) is 0 Å². The van der Waals surface area contributed by atoms with Gasteiger partial charge in [0.25, 0.3) is 0 Å². The number of aromatic nitrogens is 1. The molecule has 0 bridgehead atoms. The number of ether oxygens (including phenoxy) is 2. The van der Waals surface area contributed by atoms with Gasteiger partial charge in [0.05, 0.1) is 13.2 Å². The van der Waals surface area contributed by atoms with Gasteiger partial charge in [-0.1, -0.05) is 18.2 Å². The molecule has 0 N–H and O–H groups in total. The molecule has 6 nitrogen and oxygen atoms in total. The fourth-order valence-corrected chi connectivity index (χ4v) is 2.63. The third kappa shape index (κ3) is 4.13. The quantitative estimate of drug-likeness (QED) is 0.613. The molecule has 0 aliphatic carbocycles. The molecule has 1 aromatic rings. The third-order valence-corrected chi connectivity index (χ3v) is 3.71. The second kappa shape index (κ2) is 7.03. The van der Waals surface area contributed by atoms with Crippen molar-refractivity contribution in [2.75, 3.05) is 13.7 Å². The molecule has 1 atom stereocenters. The zero-order valence-electron chi connectivity index (χ0n) is 14.8. The van der Waals surface area contributed by atoms with E-state index in [2.05, 4.69) is 4.98 Å². The maximum Gasteiger partial charge on any atom is 0.411 e. The standard InChI is InChI=1S/C18H24N2O4/c1-12-13(9-10-14(19-12)16(21)23-5)15-8-6-7-11-20(15)17(22)24-18(2,3)4/h6-7,9-10,15H,8,11H2,1-5H3. The molecule has 0 fully saturated rings. The first-order chi connectivity index (χ1) is 11.2. The van der Waals surface area contributed by atoms with Gasteiger partial charge >= 0.3 is 12.1 Å². The molecule has 0 aromatic carbocycles. The zero-order valence-corrected chi connectivity index (χ0v) is 14.8. The Balaban J connectivity index is 2.29. The molecule has 1 aromatic heterocycles. The normalized spacial score (nSPS) is 17.5. The van der Waals surface area contributed by atoms with Gasteiger partial charge in [-0.25, -0.2) is 14.6 Å². The molecule has 0 radical (unpaired) electrons. The predicted octanol–water partition coefficient (Wildman–Crippen LogP) is 3.41. The van der Waals surface area contributed by atoms with Crippen molar-refractivity contribution in [2.45, 2.75) is 45.8 Å². The minimum atomic E-state index is -0.551. The molecule has 2 rings (SSSR count). The molecule has 130 valence electrons. The van der Waals surface area contributed by atoms with E-state index >= 15 is 0 Å². The Morgan fingerprint density at radius 1 is 1.25 bits per heavy atom. The van der Waals surface area contributed by atoms with Crippen LogP contribution in [-0.2, 0) is 9.47 Å². The molecule has 6 heteroatoms. The molecule has 0 spiro atoms. The Morgan fingerprint density at radius 3 is 2.54 bits per heavy atom. The molecule has 1 amide bonds. The van der Waals surface area contributed by atoms with Crippen LogP contribution in [0.2, 0.25) is 0 Å². The van der Waals surface area contributed by atoms with E-state index in [1.54, 1.807) is 11.0 Å². The first-order valence-electron chi connectivity index (χ1n) is 7.93. The molecular weight excluding hydrogens is 308 g/mol. The average Bonchev–Trinajstić information content (AvgIpc) is 2.52. The number of hydrogen-bond acceptors (Lipinski definition) is 5. The number of amides is 1. The van der Waals surface area contributed by atoms with Crippen molar-refractivity contribution in [2.24, 2.45) is 0 Å². The van der Waals surface area contributed by atoms with E-state index < -0.39 is 11.6 Å². The van der Waals surface area contributed by atoms with Gasteiger partial charge in [0.1, 0.15) is 11.3 Å². The lowest BCUT2D eigenvalue weighted by Crippen LogP contribution is -2.40. The second-order valence-corrected chi connectivity index (χ2v) is 6.72. The van der Waals surface area contributed by atoms with Gasteiger partial charge < -0.3 is 9.47 Å². The van der Waals surface area contributed by atoms with Gasteiger partial charge in [-0.3, -0.25) is 4.90 Å². The van der Waals surface area contributed by atoms with E-state index in [0.717, 1.165) is 5.56 Å². The lowest BCUT2D eigenvalue weighted by Gasteiger charge is -2.35. The first-order valence-corrected chi connectivity index (χ1v) is 7.93. The Hall–Kier alpha value is -2.37. The van der Waals surface area contributed by atoms with E-state index in [1.165, 1.54) is 7.11 Å². The Kier molecular flexibility index (Phi) is 5.26. The van der Waals surface area contributed by atoms with Crippen LogP contribution in [0.1, 0.15) is 55.0 Å². The van der Waals surface area contributed by atoms with Crippen LogP contribution in [0.15, 0.2) is 24.3 Å². The molecule has 1 unspecified atom stereocenters. The van der Waals surface area contributed by atoms with Crippen LogP contribution in [-0.4, -0.2) is 41.2 Å². The van der Waals surface area contributed by atoms with Crippen LogP contribution in [0.4, 0.5) is 4.79 Å². The lowest BCUT2D eigenvalue weighted by atomic mass is 9.98. The van der Waals surface area contributed by atoms with E-state index in [4.69, 9.17) is 9.47 Å². The number of esters is 1. The summed E-state index contributed by atoms with van der Waals surface area (Å²) >= 11 is 0. The average molecular weight is 332 g/mol. The summed E-state index contributed by atoms with van der Waals surface area (Å²) in [6, 6.07) is 3.29. The van der Waals surface area contributed by atoms with E-state index in [0.29, 0.717) is 18.7 Å². The van der Waals surface area contributed by atoms with Crippen molar-refractivity contribution < 1.29 is 19.1 Å². The number of nitrogens with zero attached hydrogens (tertiary/aromatic N) is 2. The molecule has 0 saturated carbocycles. The summed E-state index contributed by atoms with van der Waals surface area (Å²) in [4.78, 5) is 30.1. The largest absolute Gasteiger partial charge is 0.464 e. The number of carbonyl (C=O) groups excluding carboxylic acids is 2. The SMILES string of the molecule is COC(=O)c1ccc(C2CC=CCN2C(=O)OC(C)(C)C)c(C)n1. The van der Waals surface area contributed by atoms with Gasteiger partial charge in [-0.05, 0) is 45.7 Å². The smallest absolute Gasteiger partial charge is 0.411 e. The second-order valence-electron chi connectivity index (χ2n) is 6.72. The van der Waals surface area contributed by atoms with Gasteiger partial charge in [-0.2, -0.15) is 0 Å². The van der Waals surface area contributed by atoms with E-state index in [1.807, 2.05) is 45.9 Å². The van der Waals surface area contributed by atoms with Crippen LogP contribution >= 0.6 is 0 Å². The lowest BCUT2D eigenvalue weighted by molar-refractivity contribution is 0.0174. The minimum absolute atomic E-state index is 0.163. The Bertz CT molecular complexity index is 661. The van der Waals surface area contributed by atoms with Crippen molar-refractivity contribution in [3.8, 4) is 0 Å². The van der Waals surface area contributed by atoms with Gasteiger partial charge in [0.15, 0.2) is 0 Å². The molecule has 24 heavy (non-hydrogen) atoms. The fraction of sp³-hybridized carbons (Fsp3) is 0.500. The van der Waals surface area contributed by atoms with Crippen molar-refractivity contribution in [1.29, 1.82) is 0 Å². The summed E-state index contributed by atoms with van der Waals surface area (Å²) in [5, 5.41) is 0. The summed E-state index contributed by atoms with van der Waals surface area (Å²) in [6.45, 7) is 7.85. The number of hydrogen-bond donors (Lipinski definition) is 0. The topological polar surface area (TPSA) is 68.7 Å². The number of aryl methyl sites for hydroxylation is 1. The fourth-order valence-electron chi connectivity index (χ4n) is 2.63. The van der Waals surface area contributed by atoms with E-state index in [9.17, 15) is 9.59 Å². The summed E-state index contributed by atoms with van der Waals surface area (Å²) in [6.07, 6.45) is 4.32. The number of carbonyl (C=O) groups is 2. The minimum Gasteiger partial charge on any atom is -0.464 e. The van der Waals surface area contributed by atoms with Gasteiger partial charge in [0.2, 0.25) is 0 Å². The van der Waals surface area contributed by atoms with Gasteiger partial charge in [-0.15, -0.1) is 0 Å². The Morgan fingerprint density at radius 2 is 1.96 bits per heavy atom. The first kappa shape index (κ1) is 18.0. The van der Waals surface area contributed by atoms with Crippen molar-refractivity contribution >= 4 is 12.1 Å². The Labute approximate surface area is 142 Å². The highest BCUT2D eigenvalue weighted by molar-refractivity contribution is 5.87. The summed E-state index contributed by atoms with van der Waals surface area (Å²) < 4.78 is 10.2. The highest BCUT2D eigenvalue weighted by atomic mass is 16.6. The van der Waals surface area contributed by atoms with E-state index in [-0.39, 0.29) is 17.8 Å². The van der Waals surface area contributed by atoms with Crippen molar-refractivity contribution in [1.82, 2.24) is 9.88 Å². The number of rotatable bonds is 2. The predicted molar refractivity (Wildman–Crippen MR) is 89.8 cm³/mol. The summed E-state index contributed by atoms with van der Waals surface area (Å²) in [7, 11) is 1.32. The summed E-state index contributed by atoms with van der Waals surface area (Å²) in [5.41, 5.74) is 1.31. The third-order valence-electron chi connectivity index (χ3n) is 3.71. The number of pyridine rings is 1. The van der Waals surface area contributed by atoms with Crippen LogP contribution in [0.3, 0.4) is 0 Å². The van der Waals surface area contributed by atoms with Crippen LogP contribution in [0, 0.1) is 6.92 Å². The van der Waals surface area contributed by atoms with Crippen molar-refractivity contribution in [3.05, 3.63) is 41.2 Å².